The van der Waals surface area contributed by atoms with Crippen molar-refractivity contribution in [2.75, 3.05) is 19.6 Å². The van der Waals surface area contributed by atoms with Crippen LogP contribution in [0.15, 0.2) is 0 Å². The lowest BCUT2D eigenvalue weighted by atomic mass is 9.85. The van der Waals surface area contributed by atoms with Gasteiger partial charge in [0.05, 0.1) is 6.10 Å². The van der Waals surface area contributed by atoms with Crippen LogP contribution in [0.3, 0.4) is 0 Å². The van der Waals surface area contributed by atoms with E-state index in [2.05, 4.69) is 11.8 Å². The van der Waals surface area contributed by atoms with Crippen LogP contribution in [0.2, 0.25) is 0 Å². The van der Waals surface area contributed by atoms with E-state index in [1.54, 1.807) is 0 Å². The number of aliphatic hydroxyl groups is 1. The fourth-order valence-electron chi connectivity index (χ4n) is 3.17. The number of nitrogens with zero attached hydrogens (tertiary/aromatic N) is 1. The molecule has 0 aliphatic heterocycles. The van der Waals surface area contributed by atoms with Gasteiger partial charge in [-0.1, -0.05) is 26.2 Å². The highest BCUT2D eigenvalue weighted by atomic mass is 16.3. The first-order valence-corrected chi connectivity index (χ1v) is 7.70. The Morgan fingerprint density at radius 3 is 2.41 bits per heavy atom. The van der Waals surface area contributed by atoms with Gasteiger partial charge in [0.15, 0.2) is 0 Å². The molecule has 0 amide bonds. The van der Waals surface area contributed by atoms with E-state index in [1.165, 1.54) is 64.5 Å². The Morgan fingerprint density at radius 2 is 1.82 bits per heavy atom. The van der Waals surface area contributed by atoms with Crippen LogP contribution in [-0.2, 0) is 0 Å². The fourth-order valence-corrected chi connectivity index (χ4v) is 3.17. The van der Waals surface area contributed by atoms with Crippen LogP contribution >= 0.6 is 0 Å². The van der Waals surface area contributed by atoms with Crippen molar-refractivity contribution in [1.82, 2.24) is 4.90 Å². The first-order valence-electron chi connectivity index (χ1n) is 7.70. The molecule has 2 saturated carbocycles. The largest absolute Gasteiger partial charge is 0.392 e. The molecule has 2 fully saturated rings. The molecule has 1 atom stereocenters. The molecule has 2 aliphatic rings. The zero-order chi connectivity index (χ0) is 12.1. The van der Waals surface area contributed by atoms with Crippen molar-refractivity contribution >= 4 is 0 Å². The van der Waals surface area contributed by atoms with E-state index < -0.39 is 0 Å². The molecule has 0 heterocycles. The molecule has 17 heavy (non-hydrogen) atoms. The Morgan fingerprint density at radius 1 is 1.12 bits per heavy atom. The van der Waals surface area contributed by atoms with Crippen molar-refractivity contribution in [3.63, 3.8) is 0 Å². The van der Waals surface area contributed by atoms with Crippen LogP contribution in [0.4, 0.5) is 0 Å². The fraction of sp³-hybridized carbons (Fsp3) is 1.00. The maximum Gasteiger partial charge on any atom is 0.0695 e. The van der Waals surface area contributed by atoms with Crippen LogP contribution in [0.1, 0.15) is 58.3 Å². The van der Waals surface area contributed by atoms with Crippen molar-refractivity contribution in [2.24, 2.45) is 11.8 Å². The van der Waals surface area contributed by atoms with Gasteiger partial charge in [0.25, 0.3) is 0 Å². The summed E-state index contributed by atoms with van der Waals surface area (Å²) in [6.07, 6.45) is 10.5. The van der Waals surface area contributed by atoms with Crippen molar-refractivity contribution in [3.05, 3.63) is 0 Å². The van der Waals surface area contributed by atoms with Gasteiger partial charge in [-0.25, -0.2) is 0 Å². The summed E-state index contributed by atoms with van der Waals surface area (Å²) >= 11 is 0. The maximum atomic E-state index is 10.4. The van der Waals surface area contributed by atoms with Crippen LogP contribution in [0.5, 0.6) is 0 Å². The molecule has 100 valence electrons. The second-order valence-electron chi connectivity index (χ2n) is 6.17. The summed E-state index contributed by atoms with van der Waals surface area (Å²) in [5, 5.41) is 10.4. The highest BCUT2D eigenvalue weighted by molar-refractivity contribution is 4.81. The van der Waals surface area contributed by atoms with E-state index in [0.29, 0.717) is 5.92 Å². The zero-order valence-corrected chi connectivity index (χ0v) is 11.4. The molecule has 2 rings (SSSR count). The predicted molar refractivity (Wildman–Crippen MR) is 72.0 cm³/mol. The molecular formula is C15H29NO. The molecule has 0 aromatic carbocycles. The summed E-state index contributed by atoms with van der Waals surface area (Å²) in [6, 6.07) is 0. The minimum Gasteiger partial charge on any atom is -0.392 e. The second-order valence-corrected chi connectivity index (χ2v) is 6.17. The average Bonchev–Trinajstić information content (AvgIpc) is 3.14. The third-order valence-electron chi connectivity index (χ3n) is 4.39. The Kier molecular flexibility index (Phi) is 5.30. The number of hydrogen-bond acceptors (Lipinski definition) is 2. The summed E-state index contributed by atoms with van der Waals surface area (Å²) < 4.78 is 0. The van der Waals surface area contributed by atoms with Gasteiger partial charge >= 0.3 is 0 Å². The van der Waals surface area contributed by atoms with Gasteiger partial charge in [-0.3, -0.25) is 0 Å². The van der Waals surface area contributed by atoms with E-state index in [0.717, 1.165) is 12.5 Å². The first-order chi connectivity index (χ1) is 8.29. The lowest BCUT2D eigenvalue weighted by Crippen LogP contribution is -2.38. The minimum absolute atomic E-state index is 0.0689. The van der Waals surface area contributed by atoms with Gasteiger partial charge < -0.3 is 10.0 Å². The lowest BCUT2D eigenvalue weighted by molar-refractivity contribution is 0.0461. The van der Waals surface area contributed by atoms with Crippen molar-refractivity contribution in [2.45, 2.75) is 64.4 Å². The standard InChI is InChI=1S/C15H29NO/c1-2-10-16(11-13-8-9-13)12-15(17)14-6-4-3-5-7-14/h13-15,17H,2-12H2,1H3. The highest BCUT2D eigenvalue weighted by Gasteiger charge is 2.27. The quantitative estimate of drug-likeness (QED) is 0.738. The van der Waals surface area contributed by atoms with Crippen molar-refractivity contribution in [3.8, 4) is 0 Å². The molecule has 0 spiro atoms. The third kappa shape index (κ3) is 4.59. The van der Waals surface area contributed by atoms with Crippen molar-refractivity contribution < 1.29 is 5.11 Å². The first kappa shape index (κ1) is 13.4. The molecule has 0 radical (unpaired) electrons. The Balaban J connectivity index is 1.73. The van der Waals surface area contributed by atoms with Gasteiger partial charge in [0.2, 0.25) is 0 Å². The van der Waals surface area contributed by atoms with E-state index in [-0.39, 0.29) is 6.10 Å². The van der Waals surface area contributed by atoms with E-state index >= 15 is 0 Å². The normalized spacial score (nSPS) is 24.2. The summed E-state index contributed by atoms with van der Waals surface area (Å²) in [7, 11) is 0. The van der Waals surface area contributed by atoms with Crippen LogP contribution in [0, 0.1) is 11.8 Å². The number of hydrogen-bond donors (Lipinski definition) is 1. The monoisotopic (exact) mass is 239 g/mol. The summed E-state index contributed by atoms with van der Waals surface area (Å²) in [5.74, 6) is 1.53. The molecule has 2 heteroatoms. The Labute approximate surface area is 106 Å². The Bertz CT molecular complexity index is 209. The summed E-state index contributed by atoms with van der Waals surface area (Å²) in [6.45, 7) is 5.57. The molecular weight excluding hydrogens is 210 g/mol. The van der Waals surface area contributed by atoms with Gasteiger partial charge in [0.1, 0.15) is 0 Å². The van der Waals surface area contributed by atoms with E-state index in [4.69, 9.17) is 0 Å². The maximum absolute atomic E-state index is 10.4. The van der Waals surface area contributed by atoms with Gasteiger partial charge in [-0.15, -0.1) is 0 Å². The van der Waals surface area contributed by atoms with Crippen LogP contribution in [-0.4, -0.2) is 35.7 Å². The topological polar surface area (TPSA) is 23.5 Å². The smallest absolute Gasteiger partial charge is 0.0695 e. The predicted octanol–water partition coefficient (Wildman–Crippen LogP) is 3.05. The van der Waals surface area contributed by atoms with Gasteiger partial charge in [-0.2, -0.15) is 0 Å². The van der Waals surface area contributed by atoms with Crippen LogP contribution in [0.25, 0.3) is 0 Å². The summed E-state index contributed by atoms with van der Waals surface area (Å²) in [4.78, 5) is 2.51. The summed E-state index contributed by atoms with van der Waals surface area (Å²) in [5.41, 5.74) is 0. The zero-order valence-electron chi connectivity index (χ0n) is 11.4. The Hall–Kier alpha value is -0.0800. The molecule has 2 nitrogen and oxygen atoms in total. The third-order valence-corrected chi connectivity index (χ3v) is 4.39. The van der Waals surface area contributed by atoms with Crippen LogP contribution < -0.4 is 0 Å². The lowest BCUT2D eigenvalue weighted by Gasteiger charge is -2.31. The van der Waals surface area contributed by atoms with E-state index in [9.17, 15) is 5.11 Å². The number of rotatable bonds is 7. The molecule has 0 aromatic rings. The minimum atomic E-state index is -0.0689. The number of aliphatic hydroxyl groups excluding tert-OH is 1. The molecule has 0 bridgehead atoms. The molecule has 0 saturated heterocycles. The average molecular weight is 239 g/mol. The highest BCUT2D eigenvalue weighted by Crippen LogP contribution is 2.31. The van der Waals surface area contributed by atoms with Gasteiger partial charge in [0, 0.05) is 13.1 Å². The SMILES string of the molecule is CCCN(CC1CC1)CC(O)C1CCCCC1. The molecule has 1 N–H and O–H groups in total. The van der Waals surface area contributed by atoms with Crippen molar-refractivity contribution in [1.29, 1.82) is 0 Å². The molecule has 1 unspecified atom stereocenters. The van der Waals surface area contributed by atoms with Gasteiger partial charge in [-0.05, 0) is 50.5 Å². The second kappa shape index (κ2) is 6.75. The molecule has 2 aliphatic carbocycles. The molecule has 0 aromatic heterocycles. The van der Waals surface area contributed by atoms with E-state index in [1.807, 2.05) is 0 Å².